The van der Waals surface area contributed by atoms with E-state index >= 15 is 0 Å². The van der Waals surface area contributed by atoms with Gasteiger partial charge in [-0.2, -0.15) is 13.2 Å². The van der Waals surface area contributed by atoms with Gasteiger partial charge in [0.1, 0.15) is 0 Å². The molecule has 1 fully saturated rings. The molecule has 1 atom stereocenters. The highest BCUT2D eigenvalue weighted by Crippen LogP contribution is 2.25. The monoisotopic (exact) mass is 280 g/mol. The number of β-amino-alcohol motifs (C(OH)–C–C–N with tert-alkyl or cyclic N) is 1. The molecule has 7 nitrogen and oxygen atoms in total. The van der Waals surface area contributed by atoms with Crippen LogP contribution in [0.1, 0.15) is 16.5 Å². The van der Waals surface area contributed by atoms with Crippen LogP contribution >= 0.6 is 0 Å². The summed E-state index contributed by atoms with van der Waals surface area (Å²) >= 11 is 0. The third kappa shape index (κ3) is 3.01. The summed E-state index contributed by atoms with van der Waals surface area (Å²) in [5, 5.41) is 24.5. The number of aliphatic hydroxyl groups excluding tert-OH is 1. The molecule has 0 spiro atoms. The van der Waals surface area contributed by atoms with Gasteiger partial charge < -0.3 is 10.2 Å². The summed E-state index contributed by atoms with van der Waals surface area (Å²) in [6.45, 7) is 0.0194. The molecule has 1 unspecified atom stereocenters. The van der Waals surface area contributed by atoms with Crippen LogP contribution in [0.5, 0.6) is 0 Å². The smallest absolute Gasteiger partial charge is 0.415 e. The van der Waals surface area contributed by atoms with Crippen molar-refractivity contribution in [3.05, 3.63) is 11.9 Å². The molecule has 1 aliphatic rings. The number of halogens is 3. The normalized spacial score (nSPS) is 19.2. The Kier molecular flexibility index (Phi) is 3.45. The largest absolute Gasteiger partial charge is 0.476 e. The lowest BCUT2D eigenvalue weighted by Gasteiger charge is -2.39. The summed E-state index contributed by atoms with van der Waals surface area (Å²) in [6.07, 6.45) is -5.78. The second-order valence-electron chi connectivity index (χ2n) is 4.32. The lowest BCUT2D eigenvalue weighted by Crippen LogP contribution is -2.52. The highest BCUT2D eigenvalue weighted by atomic mass is 19.4. The molecule has 1 aromatic heterocycles. The summed E-state index contributed by atoms with van der Waals surface area (Å²) in [5.74, 6) is -1.21. The van der Waals surface area contributed by atoms with Gasteiger partial charge in [-0.1, -0.05) is 5.21 Å². The molecule has 2 heterocycles. The first-order valence-electron chi connectivity index (χ1n) is 5.39. The number of rotatable bonds is 4. The van der Waals surface area contributed by atoms with Crippen LogP contribution in [-0.4, -0.2) is 68.0 Å². The number of hydrogen-bond donors (Lipinski definition) is 2. The second kappa shape index (κ2) is 4.78. The number of aromatic nitrogens is 3. The van der Waals surface area contributed by atoms with Gasteiger partial charge in [-0.15, -0.1) is 5.10 Å². The van der Waals surface area contributed by atoms with Gasteiger partial charge in [0.05, 0.1) is 12.2 Å². The molecular formula is C9H11F3N4O3. The van der Waals surface area contributed by atoms with Crippen LogP contribution in [0.2, 0.25) is 0 Å². The molecule has 1 aromatic rings. The topological polar surface area (TPSA) is 91.5 Å². The number of aliphatic hydroxyl groups is 1. The number of hydrogen-bond acceptors (Lipinski definition) is 5. The van der Waals surface area contributed by atoms with Crippen LogP contribution in [0.25, 0.3) is 0 Å². The molecule has 0 amide bonds. The van der Waals surface area contributed by atoms with Crippen molar-refractivity contribution in [1.29, 1.82) is 0 Å². The molecule has 1 aliphatic heterocycles. The number of carboxylic acids is 1. The van der Waals surface area contributed by atoms with E-state index < -0.39 is 24.8 Å². The molecule has 10 heteroatoms. The minimum absolute atomic E-state index is 0.214. The fourth-order valence-corrected chi connectivity index (χ4v) is 1.76. The van der Waals surface area contributed by atoms with Crippen LogP contribution in [0.4, 0.5) is 13.2 Å². The molecule has 19 heavy (non-hydrogen) atoms. The van der Waals surface area contributed by atoms with Gasteiger partial charge in [-0.05, 0) is 0 Å². The minimum Gasteiger partial charge on any atom is -0.476 e. The third-order valence-electron chi connectivity index (χ3n) is 2.85. The number of nitrogens with zero attached hydrogens (tertiary/aromatic N) is 4. The van der Waals surface area contributed by atoms with Crippen LogP contribution in [-0.2, 0) is 0 Å². The van der Waals surface area contributed by atoms with Crippen LogP contribution in [0.3, 0.4) is 0 Å². The summed E-state index contributed by atoms with van der Waals surface area (Å²) in [4.78, 5) is 12.0. The Hall–Kier alpha value is -1.68. The van der Waals surface area contributed by atoms with Gasteiger partial charge in [-0.25, -0.2) is 9.48 Å². The van der Waals surface area contributed by atoms with E-state index in [2.05, 4.69) is 10.3 Å². The van der Waals surface area contributed by atoms with E-state index in [1.165, 1.54) is 15.8 Å². The van der Waals surface area contributed by atoms with E-state index in [1.807, 2.05) is 0 Å². The Morgan fingerprint density at radius 1 is 1.53 bits per heavy atom. The first kappa shape index (κ1) is 13.7. The van der Waals surface area contributed by atoms with E-state index in [-0.39, 0.29) is 24.8 Å². The highest BCUT2D eigenvalue weighted by molar-refractivity contribution is 5.84. The first-order chi connectivity index (χ1) is 8.77. The predicted octanol–water partition coefficient (Wildman–Crippen LogP) is -0.244. The van der Waals surface area contributed by atoms with Crippen molar-refractivity contribution in [3.8, 4) is 0 Å². The average molecular weight is 280 g/mol. The van der Waals surface area contributed by atoms with Crippen molar-refractivity contribution in [2.24, 2.45) is 0 Å². The molecule has 0 radical (unpaired) electrons. The molecule has 2 N–H and O–H groups in total. The number of likely N-dealkylation sites (tertiary alicyclic amines) is 1. The number of carbonyl (C=O) groups is 1. The standard InChI is InChI=1S/C9H11F3N4O3/c10-9(11,12)7(17)4-15-1-5(2-15)16-3-6(8(18)19)13-14-16/h3,5,7,17H,1-2,4H2,(H,18,19). The lowest BCUT2D eigenvalue weighted by atomic mass is 10.1. The molecule has 0 bridgehead atoms. The van der Waals surface area contributed by atoms with Gasteiger partial charge in [0.2, 0.25) is 0 Å². The minimum atomic E-state index is -4.63. The first-order valence-corrected chi connectivity index (χ1v) is 5.39. The zero-order chi connectivity index (χ0) is 14.2. The second-order valence-corrected chi connectivity index (χ2v) is 4.32. The molecule has 1 saturated heterocycles. The van der Waals surface area contributed by atoms with Gasteiger partial charge >= 0.3 is 12.1 Å². The van der Waals surface area contributed by atoms with Crippen molar-refractivity contribution in [1.82, 2.24) is 19.9 Å². The Labute approximate surface area is 105 Å². The van der Waals surface area contributed by atoms with E-state index in [1.54, 1.807) is 0 Å². The quantitative estimate of drug-likeness (QED) is 0.790. The summed E-state index contributed by atoms with van der Waals surface area (Å²) in [6, 6.07) is -0.221. The average Bonchev–Trinajstić information content (AvgIpc) is 2.69. The highest BCUT2D eigenvalue weighted by Gasteiger charge is 2.41. The van der Waals surface area contributed by atoms with Crippen LogP contribution in [0, 0.1) is 0 Å². The molecule has 0 saturated carbocycles. The Morgan fingerprint density at radius 3 is 2.63 bits per heavy atom. The van der Waals surface area contributed by atoms with Gasteiger partial charge in [0.15, 0.2) is 11.8 Å². The van der Waals surface area contributed by atoms with E-state index in [0.717, 1.165) is 0 Å². The van der Waals surface area contributed by atoms with Crippen LogP contribution < -0.4 is 0 Å². The summed E-state index contributed by atoms with van der Waals surface area (Å²) in [7, 11) is 0. The Morgan fingerprint density at radius 2 is 2.16 bits per heavy atom. The summed E-state index contributed by atoms with van der Waals surface area (Å²) in [5.41, 5.74) is -0.214. The zero-order valence-electron chi connectivity index (χ0n) is 9.58. The zero-order valence-corrected chi connectivity index (χ0v) is 9.58. The number of alkyl halides is 3. The van der Waals surface area contributed by atoms with Gasteiger partial charge in [0, 0.05) is 19.6 Å². The summed E-state index contributed by atoms with van der Waals surface area (Å²) < 4.78 is 37.6. The molecule has 2 rings (SSSR count). The van der Waals surface area contributed by atoms with E-state index in [4.69, 9.17) is 10.2 Å². The van der Waals surface area contributed by atoms with Crippen molar-refractivity contribution in [2.45, 2.75) is 18.3 Å². The fraction of sp³-hybridized carbons (Fsp3) is 0.667. The van der Waals surface area contributed by atoms with Crippen molar-refractivity contribution in [3.63, 3.8) is 0 Å². The van der Waals surface area contributed by atoms with Gasteiger partial charge in [0.25, 0.3) is 0 Å². The molecular weight excluding hydrogens is 269 g/mol. The van der Waals surface area contributed by atoms with Crippen molar-refractivity contribution >= 4 is 5.97 Å². The molecule has 0 aliphatic carbocycles. The fourth-order valence-electron chi connectivity index (χ4n) is 1.76. The maximum atomic E-state index is 12.1. The van der Waals surface area contributed by atoms with E-state index in [9.17, 15) is 18.0 Å². The molecule has 106 valence electrons. The van der Waals surface area contributed by atoms with Crippen molar-refractivity contribution in [2.75, 3.05) is 19.6 Å². The maximum absolute atomic E-state index is 12.1. The van der Waals surface area contributed by atoms with Crippen LogP contribution in [0.15, 0.2) is 6.20 Å². The van der Waals surface area contributed by atoms with Gasteiger partial charge in [-0.3, -0.25) is 4.90 Å². The predicted molar refractivity (Wildman–Crippen MR) is 54.5 cm³/mol. The SMILES string of the molecule is O=C(O)c1cn(C2CN(CC(O)C(F)(F)F)C2)nn1. The Balaban J connectivity index is 1.84. The van der Waals surface area contributed by atoms with E-state index in [0.29, 0.717) is 0 Å². The number of carboxylic acid groups (broad SMARTS) is 1. The lowest BCUT2D eigenvalue weighted by molar-refractivity contribution is -0.211. The maximum Gasteiger partial charge on any atom is 0.415 e. The Bertz CT molecular complexity index is 470. The molecule has 0 aromatic carbocycles. The number of aromatic carboxylic acids is 1. The third-order valence-corrected chi connectivity index (χ3v) is 2.85. The van der Waals surface area contributed by atoms with Crippen molar-refractivity contribution < 1.29 is 28.2 Å².